The Bertz CT molecular complexity index is 717. The van der Waals surface area contributed by atoms with Crippen LogP contribution < -0.4 is 0 Å². The van der Waals surface area contributed by atoms with Gasteiger partial charge in [-0.1, -0.05) is 60.7 Å². The molecule has 20 heavy (non-hydrogen) atoms. The van der Waals surface area contributed by atoms with Gasteiger partial charge < -0.3 is 0 Å². The number of rotatable bonds is 3. The van der Waals surface area contributed by atoms with Crippen LogP contribution in [0.4, 0.5) is 4.39 Å². The van der Waals surface area contributed by atoms with Crippen LogP contribution in [-0.2, 0) is 0 Å². The van der Waals surface area contributed by atoms with Crippen molar-refractivity contribution in [3.05, 3.63) is 76.6 Å². The minimum absolute atomic E-state index is 0.302. The van der Waals surface area contributed by atoms with E-state index in [1.54, 1.807) is 0 Å². The Balaban J connectivity index is 1.89. The van der Waals surface area contributed by atoms with Crippen molar-refractivity contribution in [2.24, 2.45) is 0 Å². The summed E-state index contributed by atoms with van der Waals surface area (Å²) in [6.07, 6.45) is 1.51. The molecule has 0 radical (unpaired) electrons. The Kier molecular flexibility index (Phi) is 3.70. The third-order valence-corrected chi connectivity index (χ3v) is 3.72. The van der Waals surface area contributed by atoms with Crippen LogP contribution in [0.15, 0.2) is 66.0 Å². The van der Waals surface area contributed by atoms with E-state index in [4.69, 9.17) is 0 Å². The summed E-state index contributed by atoms with van der Waals surface area (Å²) in [7, 11) is 0. The van der Waals surface area contributed by atoms with Gasteiger partial charge in [0.25, 0.3) is 0 Å². The first-order valence-corrected chi connectivity index (χ1v) is 7.14. The van der Waals surface area contributed by atoms with Gasteiger partial charge in [-0.15, -0.1) is 11.3 Å². The normalized spacial score (nSPS) is 11.6. The highest BCUT2D eigenvalue weighted by molar-refractivity contribution is 7.11. The molecule has 3 heteroatoms. The van der Waals surface area contributed by atoms with E-state index in [1.807, 2.05) is 66.0 Å². The Hall–Kier alpha value is -2.26. The molecule has 0 atom stereocenters. The zero-order valence-corrected chi connectivity index (χ0v) is 11.5. The van der Waals surface area contributed by atoms with Crippen molar-refractivity contribution in [1.29, 1.82) is 0 Å². The number of halogens is 1. The Morgan fingerprint density at radius 1 is 0.950 bits per heavy atom. The quantitative estimate of drug-likeness (QED) is 0.636. The first-order valence-electron chi connectivity index (χ1n) is 6.26. The zero-order chi connectivity index (χ0) is 13.8. The molecule has 0 bridgehead atoms. The van der Waals surface area contributed by atoms with Crippen molar-refractivity contribution in [1.82, 2.24) is 4.98 Å². The van der Waals surface area contributed by atoms with Gasteiger partial charge >= 0.3 is 0 Å². The molecule has 0 aliphatic rings. The third kappa shape index (κ3) is 2.83. The fourth-order valence-corrected chi connectivity index (χ4v) is 2.62. The molecule has 0 fully saturated rings. The van der Waals surface area contributed by atoms with Crippen LogP contribution in [0, 0.1) is 0 Å². The maximum Gasteiger partial charge on any atom is 0.159 e. The standard InChI is InChI=1S/C17H12FNS/c18-15(11-13-7-3-1-4-8-13)17-19-16(12-20-17)14-9-5-2-6-10-14/h1-12H. The summed E-state index contributed by atoms with van der Waals surface area (Å²) < 4.78 is 14.2. The molecule has 0 spiro atoms. The molecule has 3 rings (SSSR count). The Morgan fingerprint density at radius 3 is 2.30 bits per heavy atom. The van der Waals surface area contributed by atoms with E-state index >= 15 is 0 Å². The second-order valence-corrected chi connectivity index (χ2v) is 5.16. The van der Waals surface area contributed by atoms with Crippen molar-refractivity contribution in [2.75, 3.05) is 0 Å². The second kappa shape index (κ2) is 5.80. The Labute approximate surface area is 121 Å². The highest BCUT2D eigenvalue weighted by Crippen LogP contribution is 2.27. The van der Waals surface area contributed by atoms with E-state index in [0.29, 0.717) is 5.01 Å². The summed E-state index contributed by atoms with van der Waals surface area (Å²) in [5.41, 5.74) is 2.64. The van der Waals surface area contributed by atoms with Gasteiger partial charge in [-0.25, -0.2) is 9.37 Å². The molecule has 0 saturated carbocycles. The molecule has 1 heterocycles. The molecular weight excluding hydrogens is 269 g/mol. The molecule has 0 aliphatic carbocycles. The number of benzene rings is 2. The molecule has 1 aromatic heterocycles. The van der Waals surface area contributed by atoms with Gasteiger partial charge in [-0.2, -0.15) is 0 Å². The van der Waals surface area contributed by atoms with Crippen LogP contribution >= 0.6 is 11.3 Å². The molecule has 2 aromatic carbocycles. The van der Waals surface area contributed by atoms with Crippen LogP contribution in [0.1, 0.15) is 10.6 Å². The van der Waals surface area contributed by atoms with Gasteiger partial charge in [-0.3, -0.25) is 0 Å². The summed E-state index contributed by atoms with van der Waals surface area (Å²) >= 11 is 1.32. The highest BCUT2D eigenvalue weighted by atomic mass is 32.1. The van der Waals surface area contributed by atoms with Crippen LogP contribution in [0.25, 0.3) is 23.2 Å². The van der Waals surface area contributed by atoms with Crippen molar-refractivity contribution in [3.63, 3.8) is 0 Å². The van der Waals surface area contributed by atoms with E-state index in [2.05, 4.69) is 4.98 Å². The average Bonchev–Trinajstić information content (AvgIpc) is 2.99. The van der Waals surface area contributed by atoms with Gasteiger partial charge in [0.2, 0.25) is 0 Å². The van der Waals surface area contributed by atoms with Crippen LogP contribution in [0.2, 0.25) is 0 Å². The number of nitrogens with zero attached hydrogens (tertiary/aromatic N) is 1. The van der Waals surface area contributed by atoms with Crippen LogP contribution in [0.3, 0.4) is 0 Å². The van der Waals surface area contributed by atoms with Gasteiger partial charge in [0.05, 0.1) is 5.69 Å². The lowest BCUT2D eigenvalue weighted by atomic mass is 10.2. The van der Waals surface area contributed by atoms with Crippen LogP contribution in [-0.4, -0.2) is 4.98 Å². The highest BCUT2D eigenvalue weighted by Gasteiger charge is 2.08. The molecule has 0 saturated heterocycles. The molecule has 1 nitrogen and oxygen atoms in total. The molecule has 3 aromatic rings. The maximum absolute atomic E-state index is 14.2. The summed E-state index contributed by atoms with van der Waals surface area (Å²) in [4.78, 5) is 4.35. The van der Waals surface area contributed by atoms with Crippen molar-refractivity contribution >= 4 is 23.2 Å². The topological polar surface area (TPSA) is 12.9 Å². The predicted octanol–water partition coefficient (Wildman–Crippen LogP) is 5.28. The number of aromatic nitrogens is 1. The number of hydrogen-bond donors (Lipinski definition) is 0. The fraction of sp³-hybridized carbons (Fsp3) is 0. The molecule has 0 N–H and O–H groups in total. The zero-order valence-electron chi connectivity index (χ0n) is 10.7. The smallest absolute Gasteiger partial charge is 0.159 e. The first kappa shape index (κ1) is 12.8. The van der Waals surface area contributed by atoms with Crippen molar-refractivity contribution in [3.8, 4) is 11.3 Å². The van der Waals surface area contributed by atoms with Gasteiger partial charge in [-0.05, 0) is 11.6 Å². The monoisotopic (exact) mass is 281 g/mol. The van der Waals surface area contributed by atoms with E-state index in [-0.39, 0.29) is 5.83 Å². The molecule has 98 valence electrons. The lowest BCUT2D eigenvalue weighted by Crippen LogP contribution is -1.80. The number of thiazole rings is 1. The van der Waals surface area contributed by atoms with E-state index in [9.17, 15) is 4.39 Å². The van der Waals surface area contributed by atoms with Gasteiger partial charge in [0.1, 0.15) is 0 Å². The Morgan fingerprint density at radius 2 is 1.60 bits per heavy atom. The van der Waals surface area contributed by atoms with Crippen molar-refractivity contribution in [2.45, 2.75) is 0 Å². The molecule has 0 aliphatic heterocycles. The second-order valence-electron chi connectivity index (χ2n) is 4.31. The SMILES string of the molecule is FC(=Cc1ccccc1)c1nc(-c2ccccc2)cs1. The molecule has 0 unspecified atom stereocenters. The minimum Gasteiger partial charge on any atom is -0.234 e. The van der Waals surface area contributed by atoms with E-state index in [0.717, 1.165) is 16.8 Å². The summed E-state index contributed by atoms with van der Waals surface area (Å²) in [6, 6.07) is 19.2. The summed E-state index contributed by atoms with van der Waals surface area (Å²) in [5, 5.41) is 2.29. The largest absolute Gasteiger partial charge is 0.234 e. The van der Waals surface area contributed by atoms with E-state index < -0.39 is 0 Å². The maximum atomic E-state index is 14.2. The number of hydrogen-bond acceptors (Lipinski definition) is 2. The van der Waals surface area contributed by atoms with Crippen molar-refractivity contribution < 1.29 is 4.39 Å². The molecular formula is C17H12FNS. The van der Waals surface area contributed by atoms with Gasteiger partial charge in [0, 0.05) is 10.9 Å². The van der Waals surface area contributed by atoms with Gasteiger partial charge in [0.15, 0.2) is 10.8 Å². The minimum atomic E-state index is -0.302. The summed E-state index contributed by atoms with van der Waals surface area (Å²) in [5.74, 6) is -0.302. The third-order valence-electron chi connectivity index (χ3n) is 2.87. The first-order chi connectivity index (χ1) is 9.83. The lowest BCUT2D eigenvalue weighted by molar-refractivity contribution is 0.763. The fourth-order valence-electron chi connectivity index (χ4n) is 1.88. The predicted molar refractivity (Wildman–Crippen MR) is 83.0 cm³/mol. The van der Waals surface area contributed by atoms with Crippen LogP contribution in [0.5, 0.6) is 0 Å². The summed E-state index contributed by atoms with van der Waals surface area (Å²) in [6.45, 7) is 0. The average molecular weight is 281 g/mol. The molecule has 0 amide bonds. The van der Waals surface area contributed by atoms with E-state index in [1.165, 1.54) is 17.4 Å². The lowest BCUT2D eigenvalue weighted by Gasteiger charge is -1.95.